The van der Waals surface area contributed by atoms with Gasteiger partial charge in [0.2, 0.25) is 0 Å². The molecule has 168 valence electrons. The van der Waals surface area contributed by atoms with Gasteiger partial charge in [0.25, 0.3) is 5.91 Å². The lowest BCUT2D eigenvalue weighted by molar-refractivity contribution is -0.122. The van der Waals surface area contributed by atoms with Crippen molar-refractivity contribution in [2.75, 3.05) is 0 Å². The molecule has 0 bridgehead atoms. The van der Waals surface area contributed by atoms with Gasteiger partial charge in [0.15, 0.2) is 5.75 Å². The molecule has 0 aliphatic carbocycles. The van der Waals surface area contributed by atoms with E-state index >= 15 is 0 Å². The Labute approximate surface area is 226 Å². The second kappa shape index (κ2) is 10.8. The molecule has 3 aromatic rings. The Balaban J connectivity index is 1.49. The van der Waals surface area contributed by atoms with Crippen molar-refractivity contribution >= 4 is 86.1 Å². The normalized spacial score (nSPS) is 14.9. The molecule has 0 atom stereocenters. The quantitative estimate of drug-likeness (QED) is 0.158. The molecule has 0 saturated carbocycles. The van der Waals surface area contributed by atoms with Crippen LogP contribution >= 0.6 is 69.8 Å². The first-order chi connectivity index (χ1) is 15.8. The van der Waals surface area contributed by atoms with Crippen molar-refractivity contribution in [2.45, 2.75) is 20.1 Å². The number of amides is 1. The number of thiocarbonyl (C=S) groups is 1. The highest BCUT2D eigenvalue weighted by atomic mass is 127. The van der Waals surface area contributed by atoms with E-state index in [0.29, 0.717) is 43.7 Å². The van der Waals surface area contributed by atoms with Crippen molar-refractivity contribution in [2.24, 2.45) is 0 Å². The highest BCUT2D eigenvalue weighted by Gasteiger charge is 2.32. The first kappa shape index (κ1) is 24.5. The number of halogens is 3. The summed E-state index contributed by atoms with van der Waals surface area (Å²) in [7, 11) is 0. The fourth-order valence-electron chi connectivity index (χ4n) is 3.20. The molecule has 0 unspecified atom stereocenters. The number of hydrogen-bond donors (Lipinski definition) is 0. The Kier molecular flexibility index (Phi) is 8.02. The summed E-state index contributed by atoms with van der Waals surface area (Å²) < 4.78 is 7.54. The lowest BCUT2D eigenvalue weighted by atomic mass is 10.1. The maximum Gasteiger partial charge on any atom is 0.266 e. The number of ether oxygens (including phenoxy) is 1. The fourth-order valence-corrected chi connectivity index (χ4v) is 5.43. The average molecular weight is 626 g/mol. The van der Waals surface area contributed by atoms with Gasteiger partial charge in [-0.25, -0.2) is 0 Å². The predicted octanol–water partition coefficient (Wildman–Crippen LogP) is 7.89. The van der Waals surface area contributed by atoms with E-state index < -0.39 is 0 Å². The van der Waals surface area contributed by atoms with Crippen LogP contribution in [-0.2, 0) is 17.9 Å². The smallest absolute Gasteiger partial charge is 0.266 e. The summed E-state index contributed by atoms with van der Waals surface area (Å²) in [5.74, 6) is 0.290. The maximum absolute atomic E-state index is 13.0. The fraction of sp³-hybridized carbons (Fsp3) is 0.120. The maximum atomic E-state index is 13.0. The third-order valence-electron chi connectivity index (χ3n) is 4.95. The molecule has 0 aromatic heterocycles. The van der Waals surface area contributed by atoms with Gasteiger partial charge < -0.3 is 4.74 Å². The molecular weight excluding hydrogens is 608 g/mol. The summed E-state index contributed by atoms with van der Waals surface area (Å²) in [5.41, 5.74) is 3.92. The molecule has 4 rings (SSSR count). The monoisotopic (exact) mass is 625 g/mol. The highest BCUT2D eigenvalue weighted by molar-refractivity contribution is 14.1. The van der Waals surface area contributed by atoms with E-state index in [-0.39, 0.29) is 5.91 Å². The zero-order valence-electron chi connectivity index (χ0n) is 17.5. The van der Waals surface area contributed by atoms with E-state index in [1.807, 2.05) is 55.5 Å². The second-order valence-corrected chi connectivity index (χ2v) is 11.2. The van der Waals surface area contributed by atoms with Crippen LogP contribution in [-0.4, -0.2) is 15.1 Å². The summed E-state index contributed by atoms with van der Waals surface area (Å²) in [4.78, 5) is 15.1. The molecule has 1 fully saturated rings. The van der Waals surface area contributed by atoms with Crippen LogP contribution in [0.5, 0.6) is 5.75 Å². The van der Waals surface area contributed by atoms with E-state index in [0.717, 1.165) is 14.7 Å². The third-order valence-corrected chi connectivity index (χ3v) is 7.61. The van der Waals surface area contributed by atoms with Crippen LogP contribution in [0.15, 0.2) is 65.6 Å². The summed E-state index contributed by atoms with van der Waals surface area (Å²) in [5, 5.41) is 0.767. The molecule has 8 heteroatoms. The van der Waals surface area contributed by atoms with Crippen molar-refractivity contribution in [3.63, 3.8) is 0 Å². The Bertz CT molecular complexity index is 1220. The number of nitrogens with zero attached hydrogens (tertiary/aromatic N) is 1. The Morgan fingerprint density at radius 1 is 1.03 bits per heavy atom. The van der Waals surface area contributed by atoms with Gasteiger partial charge >= 0.3 is 0 Å². The summed E-state index contributed by atoms with van der Waals surface area (Å²) in [6.45, 7) is 2.82. The Morgan fingerprint density at radius 2 is 1.64 bits per heavy atom. The Morgan fingerprint density at radius 3 is 2.27 bits per heavy atom. The number of hydrogen-bond acceptors (Lipinski definition) is 4. The molecule has 3 nitrogen and oxygen atoms in total. The number of benzene rings is 3. The summed E-state index contributed by atoms with van der Waals surface area (Å²) in [6, 6.07) is 19.6. The van der Waals surface area contributed by atoms with Crippen LogP contribution in [0.2, 0.25) is 10.0 Å². The van der Waals surface area contributed by atoms with Gasteiger partial charge in [-0.1, -0.05) is 89.1 Å². The molecule has 33 heavy (non-hydrogen) atoms. The number of carbonyl (C=O) groups is 1. The van der Waals surface area contributed by atoms with Gasteiger partial charge in [0, 0.05) is 3.57 Å². The number of thioether (sulfide) groups is 1. The van der Waals surface area contributed by atoms with Gasteiger partial charge in [-0.05, 0) is 76.5 Å². The van der Waals surface area contributed by atoms with Gasteiger partial charge in [0.1, 0.15) is 10.9 Å². The van der Waals surface area contributed by atoms with Gasteiger partial charge in [-0.3, -0.25) is 9.69 Å². The number of rotatable bonds is 6. The minimum absolute atomic E-state index is 0.128. The molecule has 1 aliphatic heterocycles. The van der Waals surface area contributed by atoms with Crippen LogP contribution in [0.4, 0.5) is 0 Å². The molecule has 1 heterocycles. The summed E-state index contributed by atoms with van der Waals surface area (Å²) in [6.07, 6.45) is 1.76. The summed E-state index contributed by atoms with van der Waals surface area (Å²) >= 11 is 21.9. The largest absolute Gasteiger partial charge is 0.486 e. The lowest BCUT2D eigenvalue weighted by Gasteiger charge is -2.14. The lowest BCUT2D eigenvalue weighted by Crippen LogP contribution is -2.27. The van der Waals surface area contributed by atoms with Gasteiger partial charge in [-0.2, -0.15) is 0 Å². The second-order valence-electron chi connectivity index (χ2n) is 7.48. The molecule has 0 N–H and O–H groups in total. The van der Waals surface area contributed by atoms with Gasteiger partial charge in [0.05, 0.1) is 21.5 Å². The minimum atomic E-state index is -0.128. The first-order valence-corrected chi connectivity index (χ1v) is 13.0. The van der Waals surface area contributed by atoms with E-state index in [1.165, 1.54) is 17.3 Å². The minimum Gasteiger partial charge on any atom is -0.486 e. The van der Waals surface area contributed by atoms with Crippen molar-refractivity contribution in [1.82, 2.24) is 4.90 Å². The first-order valence-electron chi connectivity index (χ1n) is 9.97. The standard InChI is InChI=1S/C25H18Cl2INO2S2/c1-15-2-4-16(5-3-15)13-29-24(30)22(33-25(29)32)12-18-10-20(26)23(21(27)11-18)31-14-17-6-8-19(28)9-7-17/h2-12H,13-14H2,1H3/b22-12-. The van der Waals surface area contributed by atoms with Crippen LogP contribution in [0.3, 0.4) is 0 Å². The van der Waals surface area contributed by atoms with E-state index in [4.69, 9.17) is 40.2 Å². The molecule has 0 radical (unpaired) electrons. The molecule has 1 amide bonds. The van der Waals surface area contributed by atoms with E-state index in [9.17, 15) is 4.79 Å². The van der Waals surface area contributed by atoms with Crippen LogP contribution in [0.25, 0.3) is 6.08 Å². The van der Waals surface area contributed by atoms with Crippen molar-refractivity contribution < 1.29 is 9.53 Å². The highest BCUT2D eigenvalue weighted by Crippen LogP contribution is 2.38. The third kappa shape index (κ3) is 6.11. The molecule has 1 aliphatic rings. The van der Waals surface area contributed by atoms with Crippen molar-refractivity contribution in [1.29, 1.82) is 0 Å². The predicted molar refractivity (Wildman–Crippen MR) is 150 cm³/mol. The van der Waals surface area contributed by atoms with Crippen LogP contribution in [0, 0.1) is 10.5 Å². The number of carbonyl (C=O) groups excluding carboxylic acids is 1. The molecule has 0 spiro atoms. The molecule has 1 saturated heterocycles. The van der Waals surface area contributed by atoms with Crippen molar-refractivity contribution in [3.05, 3.63) is 101 Å². The van der Waals surface area contributed by atoms with Crippen molar-refractivity contribution in [3.8, 4) is 5.75 Å². The van der Waals surface area contributed by atoms with E-state index in [2.05, 4.69) is 22.6 Å². The zero-order chi connectivity index (χ0) is 23.5. The SMILES string of the molecule is Cc1ccc(CN2C(=O)/C(=C/c3cc(Cl)c(OCc4ccc(I)cc4)c(Cl)c3)SC2=S)cc1. The zero-order valence-corrected chi connectivity index (χ0v) is 22.8. The van der Waals surface area contributed by atoms with Crippen LogP contribution in [0.1, 0.15) is 22.3 Å². The van der Waals surface area contributed by atoms with E-state index in [1.54, 1.807) is 23.1 Å². The molecular formula is C25H18Cl2INO2S2. The Hall–Kier alpha value is -1.58. The van der Waals surface area contributed by atoms with Gasteiger partial charge in [-0.15, -0.1) is 0 Å². The topological polar surface area (TPSA) is 29.5 Å². The van der Waals surface area contributed by atoms with Crippen LogP contribution < -0.4 is 4.74 Å². The molecule has 3 aromatic carbocycles. The average Bonchev–Trinajstić information content (AvgIpc) is 3.03. The number of aryl methyl sites for hydroxylation is 1.